The van der Waals surface area contributed by atoms with E-state index in [1.165, 1.54) is 12.8 Å². The summed E-state index contributed by atoms with van der Waals surface area (Å²) in [6.07, 6.45) is 6.10. The smallest absolute Gasteiger partial charge is 0.270 e. The highest BCUT2D eigenvalue weighted by atomic mass is 35.5. The summed E-state index contributed by atoms with van der Waals surface area (Å²) in [6.45, 7) is 1.88. The maximum Gasteiger partial charge on any atom is 0.270 e. The highest BCUT2D eigenvalue weighted by molar-refractivity contribution is 7.17. The lowest BCUT2D eigenvalue weighted by molar-refractivity contribution is -0.127. The molecule has 0 bridgehead atoms. The third kappa shape index (κ3) is 4.44. The van der Waals surface area contributed by atoms with E-state index < -0.39 is 0 Å². The normalized spacial score (nSPS) is 17.8. The number of nitrogens with one attached hydrogen (secondary N) is 1. The van der Waals surface area contributed by atoms with Crippen LogP contribution in [0.3, 0.4) is 0 Å². The molecule has 7 heteroatoms. The summed E-state index contributed by atoms with van der Waals surface area (Å²) in [6, 6.07) is 12.2. The molecule has 2 amide bonds. The lowest BCUT2D eigenvalue weighted by Gasteiger charge is -2.32. The first-order valence-electron chi connectivity index (χ1n) is 11.5. The Balaban J connectivity index is 1.28. The minimum atomic E-state index is 0.0176. The summed E-state index contributed by atoms with van der Waals surface area (Å²) in [7, 11) is 0. The number of rotatable bonds is 5. The van der Waals surface area contributed by atoms with Crippen LogP contribution in [0.1, 0.15) is 54.6 Å². The van der Waals surface area contributed by atoms with Crippen LogP contribution in [0.25, 0.3) is 10.2 Å². The fourth-order valence-electron chi connectivity index (χ4n) is 4.99. The number of hydrogen-bond donors (Lipinski definition) is 1. The van der Waals surface area contributed by atoms with Crippen molar-refractivity contribution in [2.75, 3.05) is 13.1 Å². The van der Waals surface area contributed by atoms with E-state index in [1.54, 1.807) is 11.3 Å². The second-order valence-corrected chi connectivity index (χ2v) is 10.4. The predicted octanol–water partition coefficient (Wildman–Crippen LogP) is 5.32. The molecule has 32 heavy (non-hydrogen) atoms. The molecule has 0 unspecified atom stereocenters. The number of hydrogen-bond acceptors (Lipinski definition) is 3. The van der Waals surface area contributed by atoms with Crippen LogP contribution in [0.15, 0.2) is 41.8 Å². The van der Waals surface area contributed by atoms with Gasteiger partial charge in [0.15, 0.2) is 0 Å². The number of benzene rings is 1. The number of thiophene rings is 1. The first-order chi connectivity index (χ1) is 15.6. The van der Waals surface area contributed by atoms with Crippen LogP contribution >= 0.6 is 22.9 Å². The van der Waals surface area contributed by atoms with Crippen molar-refractivity contribution in [1.29, 1.82) is 0 Å². The third-order valence-corrected chi connectivity index (χ3v) is 7.96. The molecule has 1 aliphatic heterocycles. The van der Waals surface area contributed by atoms with Crippen LogP contribution in [-0.2, 0) is 11.3 Å². The lowest BCUT2D eigenvalue weighted by atomic mass is 9.95. The summed E-state index contributed by atoms with van der Waals surface area (Å²) >= 11 is 7.69. The molecular weight excluding hydrogens is 442 g/mol. The van der Waals surface area contributed by atoms with Crippen LogP contribution in [0.2, 0.25) is 5.02 Å². The van der Waals surface area contributed by atoms with Crippen molar-refractivity contribution >= 4 is 45.0 Å². The standard InChI is InChI=1S/C25H28ClN3O2S/c26-19-7-5-17(6-8-19)16-29-21-11-14-32-23(21)15-22(29)25(31)28-12-9-18(10-13-28)24(30)27-20-3-1-2-4-20/h5-8,11,14-15,18,20H,1-4,9-10,12-13,16H2,(H,27,30). The zero-order valence-electron chi connectivity index (χ0n) is 18.1. The Morgan fingerprint density at radius 2 is 1.75 bits per heavy atom. The quantitative estimate of drug-likeness (QED) is 0.550. The van der Waals surface area contributed by atoms with E-state index in [-0.39, 0.29) is 17.7 Å². The lowest BCUT2D eigenvalue weighted by Crippen LogP contribution is -2.45. The van der Waals surface area contributed by atoms with Crippen molar-refractivity contribution in [3.63, 3.8) is 0 Å². The Labute approximate surface area is 197 Å². The maximum atomic E-state index is 13.5. The maximum absolute atomic E-state index is 13.5. The number of likely N-dealkylation sites (tertiary alicyclic amines) is 1. The number of carbonyl (C=O) groups excluding carboxylic acids is 2. The first-order valence-corrected chi connectivity index (χ1v) is 12.7. The Bertz CT molecular complexity index is 1110. The minimum Gasteiger partial charge on any atom is -0.353 e. The zero-order valence-corrected chi connectivity index (χ0v) is 19.6. The van der Waals surface area contributed by atoms with Crippen LogP contribution in [0.4, 0.5) is 0 Å². The fraction of sp³-hybridized carbons (Fsp3) is 0.440. The molecule has 3 aromatic rings. The van der Waals surface area contributed by atoms with E-state index in [9.17, 15) is 9.59 Å². The van der Waals surface area contributed by atoms with E-state index >= 15 is 0 Å². The highest BCUT2D eigenvalue weighted by Gasteiger charge is 2.31. The number of halogens is 1. The van der Waals surface area contributed by atoms with Gasteiger partial charge in [-0.3, -0.25) is 9.59 Å². The van der Waals surface area contributed by atoms with Gasteiger partial charge in [-0.2, -0.15) is 0 Å². The van der Waals surface area contributed by atoms with Gasteiger partial charge in [-0.05, 0) is 60.9 Å². The molecule has 2 aromatic heterocycles. The Hall–Kier alpha value is -2.31. The van der Waals surface area contributed by atoms with Gasteiger partial charge >= 0.3 is 0 Å². The highest BCUT2D eigenvalue weighted by Crippen LogP contribution is 2.29. The van der Waals surface area contributed by atoms with Gasteiger partial charge in [0.1, 0.15) is 5.69 Å². The summed E-state index contributed by atoms with van der Waals surface area (Å²) in [4.78, 5) is 28.0. The molecule has 1 saturated carbocycles. The Kier molecular flexibility index (Phi) is 6.24. The predicted molar refractivity (Wildman–Crippen MR) is 129 cm³/mol. The van der Waals surface area contributed by atoms with Crippen LogP contribution in [-0.4, -0.2) is 40.4 Å². The van der Waals surface area contributed by atoms with Gasteiger partial charge in [0.2, 0.25) is 5.91 Å². The molecule has 1 N–H and O–H groups in total. The van der Waals surface area contributed by atoms with Gasteiger partial charge in [0.05, 0.1) is 10.2 Å². The molecule has 1 aromatic carbocycles. The molecule has 3 heterocycles. The van der Waals surface area contributed by atoms with Gasteiger partial charge in [-0.25, -0.2) is 0 Å². The van der Waals surface area contributed by atoms with Crippen LogP contribution in [0, 0.1) is 5.92 Å². The van der Waals surface area contributed by atoms with Crippen molar-refractivity contribution in [3.05, 3.63) is 58.1 Å². The molecule has 0 spiro atoms. The Morgan fingerprint density at radius 1 is 1.03 bits per heavy atom. The molecule has 1 aliphatic carbocycles. The van der Waals surface area contributed by atoms with E-state index in [1.807, 2.05) is 35.2 Å². The van der Waals surface area contributed by atoms with Crippen molar-refractivity contribution in [2.24, 2.45) is 5.92 Å². The van der Waals surface area contributed by atoms with Crippen molar-refractivity contribution in [2.45, 2.75) is 51.1 Å². The largest absolute Gasteiger partial charge is 0.353 e. The van der Waals surface area contributed by atoms with Gasteiger partial charge in [0, 0.05) is 36.6 Å². The third-order valence-electron chi connectivity index (χ3n) is 6.85. The van der Waals surface area contributed by atoms with Gasteiger partial charge in [-0.1, -0.05) is 36.6 Å². The summed E-state index contributed by atoms with van der Waals surface area (Å²) in [5.41, 5.74) is 2.91. The zero-order chi connectivity index (χ0) is 22.1. The van der Waals surface area contributed by atoms with Crippen LogP contribution in [0.5, 0.6) is 0 Å². The molecule has 168 valence electrons. The monoisotopic (exact) mass is 469 g/mol. The second kappa shape index (κ2) is 9.28. The molecular formula is C25H28ClN3O2S. The number of piperidine rings is 1. The molecule has 0 atom stereocenters. The molecule has 2 fully saturated rings. The SMILES string of the molecule is O=C(NC1CCCC1)C1CCN(C(=O)c2cc3sccc3n2Cc2ccc(Cl)cc2)CC1. The minimum absolute atomic E-state index is 0.0176. The molecule has 0 radical (unpaired) electrons. The summed E-state index contributed by atoms with van der Waals surface area (Å²) < 4.78 is 3.23. The van der Waals surface area contributed by atoms with Crippen LogP contribution < -0.4 is 5.32 Å². The number of carbonyl (C=O) groups is 2. The van der Waals surface area contributed by atoms with Crippen molar-refractivity contribution < 1.29 is 9.59 Å². The van der Waals surface area contributed by atoms with E-state index in [0.29, 0.717) is 30.7 Å². The average Bonchev–Trinajstić information content (AvgIpc) is 3.54. The number of aromatic nitrogens is 1. The summed E-state index contributed by atoms with van der Waals surface area (Å²) in [5.74, 6) is 0.247. The second-order valence-electron chi connectivity index (χ2n) is 8.97. The molecule has 5 nitrogen and oxygen atoms in total. The van der Waals surface area contributed by atoms with E-state index in [2.05, 4.69) is 21.3 Å². The number of amides is 2. The van der Waals surface area contributed by atoms with E-state index in [4.69, 9.17) is 11.6 Å². The van der Waals surface area contributed by atoms with Gasteiger partial charge < -0.3 is 14.8 Å². The molecule has 2 aliphatic rings. The van der Waals surface area contributed by atoms with E-state index in [0.717, 1.165) is 47.2 Å². The topological polar surface area (TPSA) is 54.3 Å². The van der Waals surface area contributed by atoms with Crippen molar-refractivity contribution in [3.8, 4) is 0 Å². The Morgan fingerprint density at radius 3 is 2.47 bits per heavy atom. The van der Waals surface area contributed by atoms with Gasteiger partial charge in [0.25, 0.3) is 5.91 Å². The average molecular weight is 470 g/mol. The first kappa shape index (κ1) is 21.5. The molecule has 5 rings (SSSR count). The van der Waals surface area contributed by atoms with Crippen molar-refractivity contribution in [1.82, 2.24) is 14.8 Å². The number of nitrogens with zero attached hydrogens (tertiary/aromatic N) is 2. The molecule has 1 saturated heterocycles. The summed E-state index contributed by atoms with van der Waals surface area (Å²) in [5, 5.41) is 5.99. The fourth-order valence-corrected chi connectivity index (χ4v) is 5.94. The number of fused-ring (bicyclic) bond motifs is 1. The van der Waals surface area contributed by atoms with Gasteiger partial charge in [-0.15, -0.1) is 11.3 Å².